The third-order valence-corrected chi connectivity index (χ3v) is 4.28. The van der Waals surface area contributed by atoms with Crippen LogP contribution in [0.1, 0.15) is 22.7 Å². The second-order valence-electron chi connectivity index (χ2n) is 4.76. The third-order valence-electron chi connectivity index (χ3n) is 3.42. The molecule has 0 radical (unpaired) electrons. The van der Waals surface area contributed by atoms with Gasteiger partial charge in [0.15, 0.2) is 0 Å². The molecule has 106 valence electrons. The number of likely N-dealkylation sites (N-methyl/N-ethyl adjacent to an activating group) is 1. The molecule has 0 fully saturated rings. The predicted octanol–water partition coefficient (Wildman–Crippen LogP) is 4.94. The number of halogens is 3. The summed E-state index contributed by atoms with van der Waals surface area (Å²) >= 11 is 12.2. The van der Waals surface area contributed by atoms with E-state index < -0.39 is 0 Å². The fraction of sp³-hybridized carbons (Fsp3) is 0.250. The van der Waals surface area contributed by atoms with E-state index in [0.717, 1.165) is 16.7 Å². The molecule has 0 saturated heterocycles. The summed E-state index contributed by atoms with van der Waals surface area (Å²) in [6, 6.07) is 10.4. The van der Waals surface area contributed by atoms with E-state index in [4.69, 9.17) is 23.2 Å². The molecule has 0 aliphatic rings. The van der Waals surface area contributed by atoms with E-state index in [2.05, 4.69) is 5.32 Å². The molecule has 0 spiro atoms. The van der Waals surface area contributed by atoms with Gasteiger partial charge < -0.3 is 5.32 Å². The van der Waals surface area contributed by atoms with Gasteiger partial charge in [0.25, 0.3) is 0 Å². The van der Waals surface area contributed by atoms with Crippen LogP contribution >= 0.6 is 23.2 Å². The van der Waals surface area contributed by atoms with Gasteiger partial charge in [-0.15, -0.1) is 0 Å². The summed E-state index contributed by atoms with van der Waals surface area (Å²) in [4.78, 5) is 0. The number of nitrogens with one attached hydrogen (secondary N) is 1. The largest absolute Gasteiger partial charge is 0.313 e. The van der Waals surface area contributed by atoms with Crippen LogP contribution in [-0.2, 0) is 6.42 Å². The minimum absolute atomic E-state index is 0.0123. The van der Waals surface area contributed by atoms with Crippen molar-refractivity contribution in [2.45, 2.75) is 19.4 Å². The van der Waals surface area contributed by atoms with Gasteiger partial charge in [-0.25, -0.2) is 4.39 Å². The van der Waals surface area contributed by atoms with Crippen LogP contribution in [0.15, 0.2) is 36.4 Å². The zero-order valence-electron chi connectivity index (χ0n) is 11.4. The van der Waals surface area contributed by atoms with Crippen molar-refractivity contribution >= 4 is 23.2 Å². The van der Waals surface area contributed by atoms with Gasteiger partial charge in [-0.05, 0) is 55.3 Å². The van der Waals surface area contributed by atoms with Crippen molar-refractivity contribution in [3.63, 3.8) is 0 Å². The molecule has 2 rings (SSSR count). The first-order valence-corrected chi connectivity index (χ1v) is 7.14. The zero-order valence-corrected chi connectivity index (χ0v) is 12.9. The lowest BCUT2D eigenvalue weighted by Crippen LogP contribution is -2.20. The van der Waals surface area contributed by atoms with Crippen molar-refractivity contribution < 1.29 is 4.39 Å². The molecule has 0 aromatic heterocycles. The highest BCUT2D eigenvalue weighted by Gasteiger charge is 2.16. The second kappa shape index (κ2) is 6.57. The zero-order chi connectivity index (χ0) is 14.7. The van der Waals surface area contributed by atoms with Crippen molar-refractivity contribution in [2.24, 2.45) is 0 Å². The van der Waals surface area contributed by atoms with E-state index in [9.17, 15) is 4.39 Å². The van der Waals surface area contributed by atoms with Gasteiger partial charge >= 0.3 is 0 Å². The molecule has 2 aromatic rings. The molecule has 2 aromatic carbocycles. The van der Waals surface area contributed by atoms with Crippen LogP contribution < -0.4 is 5.32 Å². The van der Waals surface area contributed by atoms with E-state index in [1.165, 1.54) is 6.07 Å². The Labute approximate surface area is 128 Å². The number of hydrogen-bond donors (Lipinski definition) is 1. The van der Waals surface area contributed by atoms with E-state index in [1.807, 2.05) is 26.1 Å². The predicted molar refractivity (Wildman–Crippen MR) is 83.1 cm³/mol. The normalized spacial score (nSPS) is 12.4. The highest BCUT2D eigenvalue weighted by Crippen LogP contribution is 2.30. The lowest BCUT2D eigenvalue weighted by molar-refractivity contribution is 0.574. The van der Waals surface area contributed by atoms with Crippen molar-refractivity contribution in [3.8, 4) is 0 Å². The van der Waals surface area contributed by atoms with Gasteiger partial charge in [-0.1, -0.05) is 41.4 Å². The molecule has 1 atom stereocenters. The maximum atomic E-state index is 13.5. The number of rotatable bonds is 4. The lowest BCUT2D eigenvalue weighted by Gasteiger charge is -2.20. The first-order valence-electron chi connectivity index (χ1n) is 6.39. The van der Waals surface area contributed by atoms with Crippen molar-refractivity contribution in [3.05, 3.63) is 69.0 Å². The molecule has 0 heterocycles. The van der Waals surface area contributed by atoms with Crippen molar-refractivity contribution in [1.29, 1.82) is 0 Å². The van der Waals surface area contributed by atoms with Crippen molar-refractivity contribution in [1.82, 2.24) is 5.32 Å². The fourth-order valence-electron chi connectivity index (χ4n) is 2.28. The average molecular weight is 312 g/mol. The fourth-order valence-corrected chi connectivity index (χ4v) is 2.68. The summed E-state index contributed by atoms with van der Waals surface area (Å²) in [7, 11) is 1.85. The molecular weight excluding hydrogens is 296 g/mol. The molecule has 20 heavy (non-hydrogen) atoms. The molecule has 1 unspecified atom stereocenters. The molecular formula is C16H16Cl2FN. The summed E-state index contributed by atoms with van der Waals surface area (Å²) in [6.45, 7) is 1.97. The lowest BCUT2D eigenvalue weighted by atomic mass is 9.95. The number of benzene rings is 2. The minimum Gasteiger partial charge on any atom is -0.313 e. The van der Waals surface area contributed by atoms with Gasteiger partial charge in [0.1, 0.15) is 5.82 Å². The average Bonchev–Trinajstić information content (AvgIpc) is 2.43. The van der Waals surface area contributed by atoms with Crippen LogP contribution in [0, 0.1) is 12.7 Å². The minimum atomic E-state index is -0.233. The van der Waals surface area contributed by atoms with Crippen LogP contribution in [0.5, 0.6) is 0 Å². The van der Waals surface area contributed by atoms with Gasteiger partial charge in [-0.2, -0.15) is 0 Å². The summed E-state index contributed by atoms with van der Waals surface area (Å²) < 4.78 is 13.5. The van der Waals surface area contributed by atoms with Crippen LogP contribution in [-0.4, -0.2) is 7.05 Å². The first kappa shape index (κ1) is 15.3. The summed E-state index contributed by atoms with van der Waals surface area (Å²) in [5, 5.41) is 4.31. The monoisotopic (exact) mass is 311 g/mol. The smallest absolute Gasteiger partial charge is 0.123 e. The molecule has 0 saturated carbocycles. The van der Waals surface area contributed by atoms with Gasteiger partial charge in [0, 0.05) is 6.04 Å². The Bertz CT molecular complexity index is 613. The quantitative estimate of drug-likeness (QED) is 0.843. The van der Waals surface area contributed by atoms with Crippen molar-refractivity contribution in [2.75, 3.05) is 7.05 Å². The third kappa shape index (κ3) is 3.32. The topological polar surface area (TPSA) is 12.0 Å². The second-order valence-corrected chi connectivity index (χ2v) is 5.54. The molecule has 0 bridgehead atoms. The molecule has 4 heteroatoms. The molecule has 1 nitrogen and oxygen atoms in total. The Morgan fingerprint density at radius 2 is 1.95 bits per heavy atom. The molecule has 0 amide bonds. The molecule has 1 N–H and O–H groups in total. The SMILES string of the molecule is CNC(Cc1cccc(Cl)c1Cl)c1cc(F)ccc1C. The Morgan fingerprint density at radius 3 is 2.65 bits per heavy atom. The maximum absolute atomic E-state index is 13.5. The van der Waals surface area contributed by atoms with Gasteiger partial charge in [0.2, 0.25) is 0 Å². The van der Waals surface area contributed by atoms with Gasteiger partial charge in [0.05, 0.1) is 10.0 Å². The summed E-state index contributed by atoms with van der Waals surface area (Å²) in [5.74, 6) is -0.233. The molecule has 0 aliphatic carbocycles. The summed E-state index contributed by atoms with van der Waals surface area (Å²) in [5.41, 5.74) is 2.93. The number of hydrogen-bond acceptors (Lipinski definition) is 1. The Hall–Kier alpha value is -1.09. The highest BCUT2D eigenvalue weighted by molar-refractivity contribution is 6.42. The van der Waals surface area contributed by atoms with E-state index >= 15 is 0 Å². The van der Waals surface area contributed by atoms with Crippen LogP contribution in [0.2, 0.25) is 10.0 Å². The highest BCUT2D eigenvalue weighted by atomic mass is 35.5. The van der Waals surface area contributed by atoms with Gasteiger partial charge in [-0.3, -0.25) is 0 Å². The Morgan fingerprint density at radius 1 is 1.20 bits per heavy atom. The van der Waals surface area contributed by atoms with E-state index in [0.29, 0.717) is 16.5 Å². The standard InChI is InChI=1S/C16H16Cl2FN/c1-10-6-7-12(19)9-13(10)15(20-2)8-11-4-3-5-14(17)16(11)18/h3-7,9,15,20H,8H2,1-2H3. The van der Waals surface area contributed by atoms with E-state index in [1.54, 1.807) is 18.2 Å². The molecule has 0 aliphatic heterocycles. The Kier molecular flexibility index (Phi) is 5.03. The number of aryl methyl sites for hydroxylation is 1. The van der Waals surface area contributed by atoms with Crippen LogP contribution in [0.4, 0.5) is 4.39 Å². The van der Waals surface area contributed by atoms with Crippen LogP contribution in [0.25, 0.3) is 0 Å². The summed E-state index contributed by atoms with van der Waals surface area (Å²) in [6.07, 6.45) is 0.653. The van der Waals surface area contributed by atoms with E-state index in [-0.39, 0.29) is 11.9 Å². The maximum Gasteiger partial charge on any atom is 0.123 e. The Balaban J connectivity index is 2.34. The van der Waals surface area contributed by atoms with Crippen LogP contribution in [0.3, 0.4) is 0 Å². The first-order chi connectivity index (χ1) is 9.52.